The Labute approximate surface area is 113 Å². The van der Waals surface area contributed by atoms with Gasteiger partial charge >= 0.3 is 0 Å². The molecule has 6 nitrogen and oxygen atoms in total. The molecule has 0 unspecified atom stereocenters. The van der Waals surface area contributed by atoms with E-state index in [4.69, 9.17) is 9.88 Å². The molecule has 0 heterocycles. The summed E-state index contributed by atoms with van der Waals surface area (Å²) in [4.78, 5) is 10.8. The highest BCUT2D eigenvalue weighted by molar-refractivity contribution is 7.89. The van der Waals surface area contributed by atoms with Crippen LogP contribution >= 0.6 is 0 Å². The molecule has 0 aliphatic carbocycles. The second-order valence-corrected chi connectivity index (χ2v) is 5.79. The van der Waals surface area contributed by atoms with Gasteiger partial charge in [0.25, 0.3) is 0 Å². The molecule has 0 bridgehead atoms. The van der Waals surface area contributed by atoms with E-state index < -0.39 is 10.0 Å². The van der Waals surface area contributed by atoms with Crippen molar-refractivity contribution in [1.82, 2.24) is 5.32 Å². The Balaban J connectivity index is 2.82. The van der Waals surface area contributed by atoms with Crippen LogP contribution in [0.25, 0.3) is 0 Å². The molecule has 0 saturated carbocycles. The molecule has 106 valence electrons. The van der Waals surface area contributed by atoms with E-state index in [1.54, 1.807) is 19.9 Å². The number of hydrogen-bond donors (Lipinski definition) is 2. The number of carbonyl (C=O) groups is 1. The van der Waals surface area contributed by atoms with Crippen LogP contribution in [-0.4, -0.2) is 27.5 Å². The second kappa shape index (κ2) is 6.03. The molecule has 3 N–H and O–H groups in total. The summed E-state index contributed by atoms with van der Waals surface area (Å²) in [6.45, 7) is 5.53. The lowest BCUT2D eigenvalue weighted by atomic mass is 10.1. The standard InChI is InChI=1S/C12H18N2O4S/c1-8-7-12(19(13,16)17)9(2)6-11(8)18-5-4-14-10(3)15/h6-7H,4-5H2,1-3H3,(H,14,15)(H2,13,16,17). The minimum atomic E-state index is -3.72. The number of amides is 1. The molecule has 0 fully saturated rings. The third-order valence-corrected chi connectivity index (χ3v) is 3.57. The molecule has 1 rings (SSSR count). The molecule has 1 amide bonds. The first-order valence-corrected chi connectivity index (χ1v) is 7.27. The van der Waals surface area contributed by atoms with Gasteiger partial charge in [-0.3, -0.25) is 4.79 Å². The molecule has 7 heteroatoms. The topological polar surface area (TPSA) is 98.5 Å². The molecule has 0 aliphatic rings. The van der Waals surface area contributed by atoms with Gasteiger partial charge in [-0.05, 0) is 37.1 Å². The lowest BCUT2D eigenvalue weighted by molar-refractivity contribution is -0.119. The van der Waals surface area contributed by atoms with Crippen molar-refractivity contribution in [1.29, 1.82) is 0 Å². The fourth-order valence-corrected chi connectivity index (χ4v) is 2.46. The van der Waals surface area contributed by atoms with Crippen LogP contribution in [0, 0.1) is 13.8 Å². The van der Waals surface area contributed by atoms with Crippen molar-refractivity contribution >= 4 is 15.9 Å². The van der Waals surface area contributed by atoms with Gasteiger partial charge < -0.3 is 10.1 Å². The second-order valence-electron chi connectivity index (χ2n) is 4.26. The first kappa shape index (κ1) is 15.5. The van der Waals surface area contributed by atoms with Crippen molar-refractivity contribution in [3.05, 3.63) is 23.3 Å². The average Bonchev–Trinajstić information content (AvgIpc) is 2.26. The fourth-order valence-electron chi connectivity index (χ4n) is 1.61. The Hall–Kier alpha value is -1.60. The molecule has 1 aromatic rings. The molecule has 1 aromatic carbocycles. The van der Waals surface area contributed by atoms with Gasteiger partial charge in [0.15, 0.2) is 0 Å². The van der Waals surface area contributed by atoms with Crippen molar-refractivity contribution in [3.8, 4) is 5.75 Å². The first-order chi connectivity index (χ1) is 8.71. The van der Waals surface area contributed by atoms with Crippen LogP contribution in [0.5, 0.6) is 5.75 Å². The number of rotatable bonds is 5. The summed E-state index contributed by atoms with van der Waals surface area (Å²) in [5.74, 6) is 0.455. The quantitative estimate of drug-likeness (QED) is 0.768. The maximum atomic E-state index is 11.3. The largest absolute Gasteiger partial charge is 0.491 e. The van der Waals surface area contributed by atoms with Crippen LogP contribution in [0.4, 0.5) is 0 Å². The van der Waals surface area contributed by atoms with Crippen LogP contribution in [0.2, 0.25) is 0 Å². The smallest absolute Gasteiger partial charge is 0.238 e. The average molecular weight is 286 g/mol. The number of primary sulfonamides is 1. The zero-order valence-corrected chi connectivity index (χ0v) is 12.0. The molecular formula is C12H18N2O4S. The highest BCUT2D eigenvalue weighted by atomic mass is 32.2. The van der Waals surface area contributed by atoms with Crippen molar-refractivity contribution in [2.45, 2.75) is 25.7 Å². The number of aryl methyl sites for hydroxylation is 2. The van der Waals surface area contributed by atoms with Crippen LogP contribution in [-0.2, 0) is 14.8 Å². The number of hydrogen-bond acceptors (Lipinski definition) is 4. The molecule has 0 spiro atoms. The van der Waals surface area contributed by atoms with E-state index in [9.17, 15) is 13.2 Å². The SMILES string of the molecule is CC(=O)NCCOc1cc(C)c(S(N)(=O)=O)cc1C. The third-order valence-electron chi connectivity index (χ3n) is 2.51. The number of benzene rings is 1. The van der Waals surface area contributed by atoms with E-state index in [-0.39, 0.29) is 10.8 Å². The van der Waals surface area contributed by atoms with Crippen LogP contribution < -0.4 is 15.2 Å². The van der Waals surface area contributed by atoms with Crippen LogP contribution in [0.3, 0.4) is 0 Å². The zero-order chi connectivity index (χ0) is 14.6. The monoisotopic (exact) mass is 286 g/mol. The van der Waals surface area contributed by atoms with Gasteiger partial charge in [-0.25, -0.2) is 13.6 Å². The van der Waals surface area contributed by atoms with E-state index >= 15 is 0 Å². The molecule has 0 saturated heterocycles. The summed E-state index contributed by atoms with van der Waals surface area (Å²) in [6.07, 6.45) is 0. The Morgan fingerprint density at radius 3 is 2.47 bits per heavy atom. The van der Waals surface area contributed by atoms with Crippen molar-refractivity contribution in [2.24, 2.45) is 5.14 Å². The van der Waals surface area contributed by atoms with Crippen molar-refractivity contribution in [3.63, 3.8) is 0 Å². The van der Waals surface area contributed by atoms with E-state index in [2.05, 4.69) is 5.32 Å². The summed E-state index contributed by atoms with van der Waals surface area (Å²) < 4.78 is 28.2. The first-order valence-electron chi connectivity index (χ1n) is 5.73. The van der Waals surface area contributed by atoms with Crippen molar-refractivity contribution < 1.29 is 17.9 Å². The van der Waals surface area contributed by atoms with Gasteiger partial charge in [-0.15, -0.1) is 0 Å². The zero-order valence-electron chi connectivity index (χ0n) is 11.2. The highest BCUT2D eigenvalue weighted by Crippen LogP contribution is 2.25. The van der Waals surface area contributed by atoms with Crippen molar-refractivity contribution in [2.75, 3.05) is 13.2 Å². The predicted molar refractivity (Wildman–Crippen MR) is 71.5 cm³/mol. The summed E-state index contributed by atoms with van der Waals surface area (Å²) in [7, 11) is -3.72. The maximum Gasteiger partial charge on any atom is 0.238 e. The van der Waals surface area contributed by atoms with Gasteiger partial charge in [-0.2, -0.15) is 0 Å². The number of ether oxygens (including phenoxy) is 1. The highest BCUT2D eigenvalue weighted by Gasteiger charge is 2.14. The Kier molecular flexibility index (Phi) is 4.90. The fraction of sp³-hybridized carbons (Fsp3) is 0.417. The molecular weight excluding hydrogens is 268 g/mol. The summed E-state index contributed by atoms with van der Waals surface area (Å²) >= 11 is 0. The Morgan fingerprint density at radius 2 is 1.95 bits per heavy atom. The van der Waals surface area contributed by atoms with E-state index in [1.165, 1.54) is 13.0 Å². The van der Waals surface area contributed by atoms with Gasteiger partial charge in [-0.1, -0.05) is 0 Å². The minimum Gasteiger partial charge on any atom is -0.491 e. The molecule has 0 aromatic heterocycles. The predicted octanol–water partition coefficient (Wildman–Crippen LogP) is 0.466. The summed E-state index contributed by atoms with van der Waals surface area (Å²) in [6, 6.07) is 3.11. The van der Waals surface area contributed by atoms with Gasteiger partial charge in [0.1, 0.15) is 12.4 Å². The van der Waals surface area contributed by atoms with Gasteiger partial charge in [0, 0.05) is 6.92 Å². The van der Waals surface area contributed by atoms with Gasteiger partial charge in [0.2, 0.25) is 15.9 Å². The normalized spacial score (nSPS) is 11.2. The number of sulfonamides is 1. The van der Waals surface area contributed by atoms with Crippen LogP contribution in [0.1, 0.15) is 18.1 Å². The number of carbonyl (C=O) groups excluding carboxylic acids is 1. The Bertz CT molecular complexity index is 582. The van der Waals surface area contributed by atoms with E-state index in [1.807, 2.05) is 0 Å². The number of nitrogens with one attached hydrogen (secondary N) is 1. The molecule has 19 heavy (non-hydrogen) atoms. The molecule has 0 aliphatic heterocycles. The lowest BCUT2D eigenvalue weighted by Gasteiger charge is -2.12. The summed E-state index contributed by atoms with van der Waals surface area (Å²) in [5, 5.41) is 7.72. The lowest BCUT2D eigenvalue weighted by Crippen LogP contribution is -2.25. The van der Waals surface area contributed by atoms with E-state index in [0.717, 1.165) is 0 Å². The van der Waals surface area contributed by atoms with Crippen LogP contribution in [0.15, 0.2) is 17.0 Å². The van der Waals surface area contributed by atoms with E-state index in [0.29, 0.717) is 30.0 Å². The summed E-state index contributed by atoms with van der Waals surface area (Å²) in [5.41, 5.74) is 1.21. The maximum absolute atomic E-state index is 11.3. The number of nitrogens with two attached hydrogens (primary N) is 1. The minimum absolute atomic E-state index is 0.0965. The van der Waals surface area contributed by atoms with Gasteiger partial charge in [0.05, 0.1) is 11.4 Å². The third kappa shape index (κ3) is 4.53. The Morgan fingerprint density at radius 1 is 1.32 bits per heavy atom. The molecule has 0 radical (unpaired) electrons. The molecule has 0 atom stereocenters.